The van der Waals surface area contributed by atoms with Gasteiger partial charge in [-0.3, -0.25) is 4.79 Å². The minimum Gasteiger partial charge on any atom is -0.357 e. The van der Waals surface area contributed by atoms with E-state index in [9.17, 15) is 4.79 Å². The molecule has 1 fully saturated rings. The normalized spacial score (nSPS) is 15.2. The number of carbonyl (C=O) groups is 1. The minimum absolute atomic E-state index is 0.00872. The Kier molecular flexibility index (Phi) is 5.64. The molecule has 2 aromatic heterocycles. The summed E-state index contributed by atoms with van der Waals surface area (Å²) in [6.07, 6.45) is 8.63. The van der Waals surface area contributed by atoms with Crippen molar-refractivity contribution in [2.45, 2.75) is 39.7 Å². The molecule has 1 amide bonds. The lowest BCUT2D eigenvalue weighted by molar-refractivity contribution is -0.695. The van der Waals surface area contributed by atoms with Crippen molar-refractivity contribution in [3.05, 3.63) is 48.4 Å². The second kappa shape index (κ2) is 8.10. The number of aryl methyl sites for hydroxylation is 2. The number of nitrogens with zero attached hydrogens (tertiary/aromatic N) is 3. The van der Waals surface area contributed by atoms with Crippen LogP contribution in [0, 0.1) is 12.8 Å². The standard InChI is InChI=1S/C20H26N4O/c1-16-5-10-23(11-6-16)12-9-20(25)22-18-3-4-19(21-15-18)24-13-7-17(2)8-14-24/h3-6,10-11,15,17H,7-9,12-14H2,1-2H3/p+1. The highest BCUT2D eigenvalue weighted by Gasteiger charge is 2.16. The summed E-state index contributed by atoms with van der Waals surface area (Å²) in [4.78, 5) is 18.9. The Hall–Kier alpha value is -2.43. The van der Waals surface area contributed by atoms with Crippen LogP contribution < -0.4 is 14.8 Å². The van der Waals surface area contributed by atoms with Crippen LogP contribution in [0.25, 0.3) is 0 Å². The molecule has 0 saturated carbocycles. The van der Waals surface area contributed by atoms with Gasteiger partial charge in [-0.1, -0.05) is 6.92 Å². The summed E-state index contributed by atoms with van der Waals surface area (Å²) in [5.41, 5.74) is 1.98. The van der Waals surface area contributed by atoms with E-state index in [-0.39, 0.29) is 5.91 Å². The smallest absolute Gasteiger partial charge is 0.230 e. The Morgan fingerprint density at radius 3 is 2.60 bits per heavy atom. The predicted molar refractivity (Wildman–Crippen MR) is 99.5 cm³/mol. The van der Waals surface area contributed by atoms with Crippen molar-refractivity contribution >= 4 is 17.4 Å². The first-order valence-corrected chi connectivity index (χ1v) is 9.07. The van der Waals surface area contributed by atoms with Gasteiger partial charge in [-0.25, -0.2) is 9.55 Å². The maximum atomic E-state index is 12.1. The van der Waals surface area contributed by atoms with Crippen LogP contribution >= 0.6 is 0 Å². The molecule has 1 N–H and O–H groups in total. The zero-order valence-electron chi connectivity index (χ0n) is 15.1. The molecule has 5 heteroatoms. The summed E-state index contributed by atoms with van der Waals surface area (Å²) in [7, 11) is 0. The highest BCUT2D eigenvalue weighted by molar-refractivity contribution is 5.90. The number of carbonyl (C=O) groups excluding carboxylic acids is 1. The zero-order chi connectivity index (χ0) is 17.6. The Labute approximate surface area is 149 Å². The van der Waals surface area contributed by atoms with E-state index in [2.05, 4.69) is 29.0 Å². The van der Waals surface area contributed by atoms with Gasteiger partial charge in [0.15, 0.2) is 18.9 Å². The molecule has 0 radical (unpaired) electrons. The van der Waals surface area contributed by atoms with Crippen molar-refractivity contribution in [3.63, 3.8) is 0 Å². The number of pyridine rings is 2. The molecule has 0 aromatic carbocycles. The molecule has 1 aliphatic rings. The Morgan fingerprint density at radius 2 is 1.96 bits per heavy atom. The van der Waals surface area contributed by atoms with E-state index < -0.39 is 0 Å². The predicted octanol–water partition coefficient (Wildman–Crippen LogP) is 2.94. The zero-order valence-corrected chi connectivity index (χ0v) is 15.1. The Balaban J connectivity index is 1.49. The van der Waals surface area contributed by atoms with Crippen molar-refractivity contribution in [2.24, 2.45) is 5.92 Å². The molecule has 25 heavy (non-hydrogen) atoms. The van der Waals surface area contributed by atoms with Crippen LogP contribution in [0.2, 0.25) is 0 Å². The van der Waals surface area contributed by atoms with E-state index in [0.29, 0.717) is 13.0 Å². The molecule has 0 atom stereocenters. The summed E-state index contributed by atoms with van der Waals surface area (Å²) < 4.78 is 2.02. The third-order valence-electron chi connectivity index (χ3n) is 4.79. The number of nitrogens with one attached hydrogen (secondary N) is 1. The number of amides is 1. The van der Waals surface area contributed by atoms with Crippen molar-refractivity contribution in [3.8, 4) is 0 Å². The molecule has 0 unspecified atom stereocenters. The van der Waals surface area contributed by atoms with Gasteiger partial charge >= 0.3 is 0 Å². The summed E-state index contributed by atoms with van der Waals surface area (Å²) in [5, 5.41) is 2.93. The lowest BCUT2D eigenvalue weighted by Gasteiger charge is -2.31. The summed E-state index contributed by atoms with van der Waals surface area (Å²) >= 11 is 0. The molecule has 5 nitrogen and oxygen atoms in total. The molecular weight excluding hydrogens is 312 g/mol. The summed E-state index contributed by atoms with van der Waals surface area (Å²) in [6.45, 7) is 7.15. The second-order valence-electron chi connectivity index (χ2n) is 6.99. The van der Waals surface area contributed by atoms with Gasteiger partial charge in [0.05, 0.1) is 18.3 Å². The fourth-order valence-corrected chi connectivity index (χ4v) is 3.02. The Bertz CT molecular complexity index is 689. The number of aromatic nitrogens is 2. The van der Waals surface area contributed by atoms with Gasteiger partial charge in [0.1, 0.15) is 5.82 Å². The fourth-order valence-electron chi connectivity index (χ4n) is 3.02. The van der Waals surface area contributed by atoms with Crippen molar-refractivity contribution < 1.29 is 9.36 Å². The number of rotatable bonds is 5. The second-order valence-corrected chi connectivity index (χ2v) is 6.99. The summed E-state index contributed by atoms with van der Waals surface area (Å²) in [6, 6.07) is 8.03. The fraction of sp³-hybridized carbons (Fsp3) is 0.450. The van der Waals surface area contributed by atoms with E-state index in [0.717, 1.165) is 30.5 Å². The maximum Gasteiger partial charge on any atom is 0.230 e. The minimum atomic E-state index is 0.00872. The first-order valence-electron chi connectivity index (χ1n) is 9.07. The van der Waals surface area contributed by atoms with Crippen LogP contribution in [0.1, 0.15) is 31.7 Å². The third-order valence-corrected chi connectivity index (χ3v) is 4.79. The Morgan fingerprint density at radius 1 is 1.24 bits per heavy atom. The van der Waals surface area contributed by atoms with Gasteiger partial charge in [0.2, 0.25) is 5.91 Å². The van der Waals surface area contributed by atoms with Crippen LogP contribution in [0.3, 0.4) is 0 Å². The van der Waals surface area contributed by atoms with Gasteiger partial charge in [-0.05, 0) is 43.4 Å². The maximum absolute atomic E-state index is 12.1. The van der Waals surface area contributed by atoms with Crippen LogP contribution in [-0.4, -0.2) is 24.0 Å². The monoisotopic (exact) mass is 339 g/mol. The van der Waals surface area contributed by atoms with Gasteiger partial charge in [-0.15, -0.1) is 0 Å². The highest BCUT2D eigenvalue weighted by Crippen LogP contribution is 2.22. The van der Waals surface area contributed by atoms with Crippen LogP contribution in [-0.2, 0) is 11.3 Å². The molecule has 0 bridgehead atoms. The van der Waals surface area contributed by atoms with Crippen molar-refractivity contribution in [1.82, 2.24) is 4.98 Å². The molecule has 1 aliphatic heterocycles. The lowest BCUT2D eigenvalue weighted by atomic mass is 9.99. The number of piperidine rings is 1. The van der Waals surface area contributed by atoms with E-state index >= 15 is 0 Å². The largest absolute Gasteiger partial charge is 0.357 e. The van der Waals surface area contributed by atoms with E-state index in [1.807, 2.05) is 41.2 Å². The molecule has 0 spiro atoms. The molecule has 3 heterocycles. The third kappa shape index (κ3) is 5.02. The van der Waals surface area contributed by atoms with Crippen LogP contribution in [0.5, 0.6) is 0 Å². The molecule has 3 rings (SSSR count). The van der Waals surface area contributed by atoms with Gasteiger partial charge < -0.3 is 10.2 Å². The van der Waals surface area contributed by atoms with Crippen molar-refractivity contribution in [1.29, 1.82) is 0 Å². The van der Waals surface area contributed by atoms with E-state index in [4.69, 9.17) is 0 Å². The SMILES string of the molecule is Cc1cc[n+](CCC(=O)Nc2ccc(N3CCC(C)CC3)nc2)cc1. The number of hydrogen-bond donors (Lipinski definition) is 1. The average molecular weight is 339 g/mol. The van der Waals surface area contributed by atoms with Gasteiger partial charge in [0.25, 0.3) is 0 Å². The van der Waals surface area contributed by atoms with Crippen molar-refractivity contribution in [2.75, 3.05) is 23.3 Å². The number of anilines is 2. The molecule has 1 saturated heterocycles. The molecule has 2 aromatic rings. The molecule has 132 valence electrons. The quantitative estimate of drug-likeness (QED) is 0.852. The lowest BCUT2D eigenvalue weighted by Crippen LogP contribution is -2.34. The van der Waals surface area contributed by atoms with Gasteiger partial charge in [0, 0.05) is 25.2 Å². The highest BCUT2D eigenvalue weighted by atomic mass is 16.1. The van der Waals surface area contributed by atoms with E-state index in [1.165, 1.54) is 18.4 Å². The average Bonchev–Trinajstić information content (AvgIpc) is 2.63. The number of hydrogen-bond acceptors (Lipinski definition) is 3. The van der Waals surface area contributed by atoms with Gasteiger partial charge in [-0.2, -0.15) is 0 Å². The molecular formula is C20H27N4O+. The topological polar surface area (TPSA) is 49.1 Å². The first kappa shape index (κ1) is 17.4. The molecule has 0 aliphatic carbocycles. The van der Waals surface area contributed by atoms with E-state index in [1.54, 1.807) is 6.20 Å². The first-order chi connectivity index (χ1) is 12.1. The van der Waals surface area contributed by atoms with Crippen LogP contribution in [0.4, 0.5) is 11.5 Å². The summed E-state index contributed by atoms with van der Waals surface area (Å²) in [5.74, 6) is 1.82. The van der Waals surface area contributed by atoms with Crippen LogP contribution in [0.15, 0.2) is 42.9 Å².